The van der Waals surface area contributed by atoms with Gasteiger partial charge in [-0.15, -0.1) is 5.10 Å². The van der Waals surface area contributed by atoms with Crippen molar-refractivity contribution in [1.29, 1.82) is 0 Å². The van der Waals surface area contributed by atoms with Crippen LogP contribution >= 0.6 is 11.3 Å². The molecular weight excluding hydrogens is 374 g/mol. The van der Waals surface area contributed by atoms with Gasteiger partial charge in [0, 0.05) is 37.9 Å². The van der Waals surface area contributed by atoms with Gasteiger partial charge in [-0.25, -0.2) is 4.98 Å². The molecule has 2 aromatic heterocycles. The van der Waals surface area contributed by atoms with Crippen molar-refractivity contribution in [3.8, 4) is 0 Å². The lowest BCUT2D eigenvalue weighted by Gasteiger charge is -2.37. The van der Waals surface area contributed by atoms with E-state index in [0.717, 1.165) is 49.3 Å². The number of fused-ring (bicyclic) bond motifs is 1. The third-order valence-electron chi connectivity index (χ3n) is 5.88. The fraction of sp³-hybridized carbons (Fsp3) is 0.750. The van der Waals surface area contributed by atoms with Gasteiger partial charge in [-0.1, -0.05) is 18.3 Å². The molecule has 154 valence electrons. The van der Waals surface area contributed by atoms with Crippen LogP contribution in [0.4, 0.5) is 5.13 Å². The van der Waals surface area contributed by atoms with Gasteiger partial charge in [0.2, 0.25) is 10.1 Å². The van der Waals surface area contributed by atoms with Crippen LogP contribution in [0.25, 0.3) is 4.96 Å². The Labute approximate surface area is 170 Å². The minimum absolute atomic E-state index is 0.0757. The summed E-state index contributed by atoms with van der Waals surface area (Å²) in [7, 11) is 0. The Morgan fingerprint density at radius 2 is 1.93 bits per heavy atom. The molecule has 0 N–H and O–H groups in total. The first kappa shape index (κ1) is 19.8. The van der Waals surface area contributed by atoms with Crippen LogP contribution < -0.4 is 10.5 Å². The standard InChI is InChI=1S/C20H31N5O2S/c1-4-17-11-18(26)25-19(21-17)28-20(22-25)24-9-6-16(7-10-24)5-8-23-12-14(2)27-15(3)13-23/h11,14-16H,4-10,12-13H2,1-3H3. The normalized spacial score (nSPS) is 24.9. The molecule has 0 aliphatic carbocycles. The van der Waals surface area contributed by atoms with Crippen molar-refractivity contribution in [1.82, 2.24) is 19.5 Å². The topological polar surface area (TPSA) is 63.0 Å². The first-order chi connectivity index (χ1) is 13.5. The second-order valence-electron chi connectivity index (χ2n) is 8.25. The summed E-state index contributed by atoms with van der Waals surface area (Å²) in [5, 5.41) is 5.46. The van der Waals surface area contributed by atoms with E-state index >= 15 is 0 Å². The zero-order valence-electron chi connectivity index (χ0n) is 17.1. The molecule has 2 saturated heterocycles. The summed E-state index contributed by atoms with van der Waals surface area (Å²) < 4.78 is 7.29. The Bertz CT molecular complexity index is 848. The number of anilines is 1. The van der Waals surface area contributed by atoms with E-state index in [2.05, 4.69) is 33.7 Å². The molecule has 0 saturated carbocycles. The number of hydrogen-bond donors (Lipinski definition) is 0. The van der Waals surface area contributed by atoms with Gasteiger partial charge >= 0.3 is 0 Å². The molecule has 8 heteroatoms. The number of aryl methyl sites for hydroxylation is 1. The van der Waals surface area contributed by atoms with Gasteiger partial charge in [-0.05, 0) is 52.0 Å². The van der Waals surface area contributed by atoms with Crippen molar-refractivity contribution < 1.29 is 4.74 Å². The molecule has 0 spiro atoms. The lowest BCUT2D eigenvalue weighted by atomic mass is 9.93. The van der Waals surface area contributed by atoms with Crippen LogP contribution in [0, 0.1) is 5.92 Å². The number of morpholine rings is 1. The van der Waals surface area contributed by atoms with E-state index in [4.69, 9.17) is 4.74 Å². The molecule has 0 aromatic carbocycles. The number of aromatic nitrogens is 3. The van der Waals surface area contributed by atoms with Gasteiger partial charge in [0.05, 0.1) is 12.2 Å². The number of piperidine rings is 1. The molecule has 0 bridgehead atoms. The zero-order valence-corrected chi connectivity index (χ0v) is 18.0. The van der Waals surface area contributed by atoms with E-state index in [1.165, 1.54) is 41.7 Å². The molecule has 2 aromatic rings. The van der Waals surface area contributed by atoms with Crippen LogP contribution in [-0.2, 0) is 11.2 Å². The van der Waals surface area contributed by atoms with Gasteiger partial charge in [0.15, 0.2) is 0 Å². The molecule has 28 heavy (non-hydrogen) atoms. The lowest BCUT2D eigenvalue weighted by molar-refractivity contribution is -0.0690. The zero-order chi connectivity index (χ0) is 19.7. The maximum atomic E-state index is 12.2. The average Bonchev–Trinajstić information content (AvgIpc) is 3.11. The van der Waals surface area contributed by atoms with E-state index in [0.29, 0.717) is 17.2 Å². The van der Waals surface area contributed by atoms with Crippen molar-refractivity contribution in [2.75, 3.05) is 37.6 Å². The van der Waals surface area contributed by atoms with Crippen molar-refractivity contribution in [3.05, 3.63) is 22.1 Å². The summed E-state index contributed by atoms with van der Waals surface area (Å²) in [6, 6.07) is 1.59. The maximum Gasteiger partial charge on any atom is 0.275 e. The third-order valence-corrected chi connectivity index (χ3v) is 6.85. The van der Waals surface area contributed by atoms with Gasteiger partial charge in [-0.2, -0.15) is 4.52 Å². The molecule has 2 aliphatic heterocycles. The Morgan fingerprint density at radius 1 is 1.21 bits per heavy atom. The summed E-state index contributed by atoms with van der Waals surface area (Å²) in [4.78, 5) is 22.4. The monoisotopic (exact) mass is 405 g/mol. The van der Waals surface area contributed by atoms with Crippen LogP contribution in [0.1, 0.15) is 45.7 Å². The summed E-state index contributed by atoms with van der Waals surface area (Å²) >= 11 is 1.53. The Balaban J connectivity index is 1.32. The van der Waals surface area contributed by atoms with Gasteiger partial charge in [0.25, 0.3) is 5.56 Å². The van der Waals surface area contributed by atoms with E-state index < -0.39 is 0 Å². The summed E-state index contributed by atoms with van der Waals surface area (Å²) in [5.41, 5.74) is 0.763. The molecule has 2 unspecified atom stereocenters. The van der Waals surface area contributed by atoms with E-state index in [1.54, 1.807) is 6.07 Å². The Morgan fingerprint density at radius 3 is 2.61 bits per heavy atom. The predicted molar refractivity (Wildman–Crippen MR) is 113 cm³/mol. The van der Waals surface area contributed by atoms with Crippen LogP contribution in [0.2, 0.25) is 0 Å². The second-order valence-corrected chi connectivity index (χ2v) is 9.19. The van der Waals surface area contributed by atoms with Crippen LogP contribution in [0.5, 0.6) is 0 Å². The molecule has 7 nitrogen and oxygen atoms in total. The second kappa shape index (κ2) is 8.47. The quantitative estimate of drug-likeness (QED) is 0.761. The molecule has 4 rings (SSSR count). The Hall–Kier alpha value is -1.51. The minimum atomic E-state index is -0.0757. The molecule has 0 radical (unpaired) electrons. The fourth-order valence-electron chi connectivity index (χ4n) is 4.40. The summed E-state index contributed by atoms with van der Waals surface area (Å²) in [5.74, 6) is 0.770. The number of ether oxygens (including phenoxy) is 1. The smallest absolute Gasteiger partial charge is 0.275 e. The van der Waals surface area contributed by atoms with Crippen LogP contribution in [0.15, 0.2) is 10.9 Å². The van der Waals surface area contributed by atoms with Crippen molar-refractivity contribution >= 4 is 21.4 Å². The first-order valence-electron chi connectivity index (χ1n) is 10.5. The molecule has 2 fully saturated rings. The average molecular weight is 406 g/mol. The molecular formula is C20H31N5O2S. The predicted octanol–water partition coefficient (Wildman–Crippen LogP) is 2.43. The van der Waals surface area contributed by atoms with E-state index in [9.17, 15) is 4.79 Å². The number of rotatable bonds is 5. The summed E-state index contributed by atoms with van der Waals surface area (Å²) in [6.07, 6.45) is 5.09. The third kappa shape index (κ3) is 4.39. The van der Waals surface area contributed by atoms with Crippen LogP contribution in [-0.4, -0.2) is 64.4 Å². The minimum Gasteiger partial charge on any atom is -0.373 e. The van der Waals surface area contributed by atoms with Crippen molar-refractivity contribution in [2.45, 2.75) is 58.7 Å². The Kier molecular flexibility index (Phi) is 5.99. The van der Waals surface area contributed by atoms with Crippen molar-refractivity contribution in [3.63, 3.8) is 0 Å². The molecule has 2 aliphatic rings. The number of hydrogen-bond acceptors (Lipinski definition) is 7. The fourth-order valence-corrected chi connectivity index (χ4v) is 5.38. The molecule has 4 heterocycles. The molecule has 2 atom stereocenters. The van der Waals surface area contributed by atoms with Crippen molar-refractivity contribution in [2.24, 2.45) is 5.92 Å². The molecule has 0 amide bonds. The van der Waals surface area contributed by atoms with Crippen LogP contribution in [0.3, 0.4) is 0 Å². The highest BCUT2D eigenvalue weighted by atomic mass is 32.1. The van der Waals surface area contributed by atoms with E-state index in [-0.39, 0.29) is 5.56 Å². The lowest BCUT2D eigenvalue weighted by Crippen LogP contribution is -2.46. The maximum absolute atomic E-state index is 12.2. The highest BCUT2D eigenvalue weighted by Gasteiger charge is 2.25. The number of nitrogens with zero attached hydrogens (tertiary/aromatic N) is 5. The highest BCUT2D eigenvalue weighted by Crippen LogP contribution is 2.28. The van der Waals surface area contributed by atoms with Gasteiger partial charge < -0.3 is 9.64 Å². The SMILES string of the molecule is CCc1cc(=O)n2nc(N3CCC(CCN4CC(C)OC(C)C4)CC3)sc2n1. The largest absolute Gasteiger partial charge is 0.373 e. The van der Waals surface area contributed by atoms with Gasteiger partial charge in [0.1, 0.15) is 0 Å². The summed E-state index contributed by atoms with van der Waals surface area (Å²) in [6.45, 7) is 11.6. The first-order valence-corrected chi connectivity index (χ1v) is 11.4. The van der Waals surface area contributed by atoms with E-state index in [1.807, 2.05) is 6.92 Å². The highest BCUT2D eigenvalue weighted by molar-refractivity contribution is 7.20. The van der Waals surface area contributed by atoms with Gasteiger partial charge in [-0.3, -0.25) is 9.69 Å².